The van der Waals surface area contributed by atoms with Crippen molar-refractivity contribution in [2.45, 2.75) is 63.5 Å². The molecule has 2 aliphatic carbocycles. The summed E-state index contributed by atoms with van der Waals surface area (Å²) in [7, 11) is 2.04. The number of carbonyl (C=O) groups is 1. The van der Waals surface area contributed by atoms with Crippen LogP contribution in [0.15, 0.2) is 30.3 Å². The second-order valence-electron chi connectivity index (χ2n) is 7.93. The van der Waals surface area contributed by atoms with Crippen molar-refractivity contribution in [3.05, 3.63) is 41.5 Å². The number of rotatable bonds is 4. The summed E-state index contributed by atoms with van der Waals surface area (Å²) in [5, 5.41) is 0. The van der Waals surface area contributed by atoms with E-state index in [1.807, 2.05) is 7.05 Å². The van der Waals surface area contributed by atoms with Crippen LogP contribution in [0.2, 0.25) is 0 Å². The maximum absolute atomic E-state index is 13.0. The Hall–Kier alpha value is -1.32. The van der Waals surface area contributed by atoms with E-state index in [1.165, 1.54) is 68.3 Å². The van der Waals surface area contributed by atoms with Crippen molar-refractivity contribution in [1.29, 1.82) is 0 Å². The van der Waals surface area contributed by atoms with Gasteiger partial charge in [-0.25, -0.2) is 0 Å². The van der Waals surface area contributed by atoms with Crippen LogP contribution in [0.1, 0.15) is 56.1 Å². The number of halogens is 1. The monoisotopic (exact) mass is 374 g/mol. The van der Waals surface area contributed by atoms with Gasteiger partial charge >= 0.3 is 0 Å². The van der Waals surface area contributed by atoms with Crippen molar-refractivity contribution < 1.29 is 4.79 Å². The quantitative estimate of drug-likeness (QED) is 0.784. The molecule has 3 nitrogen and oxygen atoms in total. The van der Waals surface area contributed by atoms with Gasteiger partial charge in [0.25, 0.3) is 0 Å². The SMILES string of the molecule is CN(C(=O)CC1=CCc2ccccc21)[C@@H]1CCCC[C@H]1N1CCCC1.Cl. The highest BCUT2D eigenvalue weighted by atomic mass is 35.5. The van der Waals surface area contributed by atoms with Crippen LogP contribution in [-0.4, -0.2) is 47.9 Å². The van der Waals surface area contributed by atoms with E-state index < -0.39 is 0 Å². The fourth-order valence-corrected chi connectivity index (χ4v) is 5.04. The normalized spacial score (nSPS) is 25.3. The Balaban J connectivity index is 0.00000196. The molecule has 0 bridgehead atoms. The van der Waals surface area contributed by atoms with Gasteiger partial charge in [0.2, 0.25) is 5.91 Å². The van der Waals surface area contributed by atoms with Crippen LogP contribution < -0.4 is 0 Å². The highest BCUT2D eigenvalue weighted by Crippen LogP contribution is 2.32. The number of fused-ring (bicyclic) bond motifs is 1. The zero-order valence-electron chi connectivity index (χ0n) is 15.8. The number of nitrogens with zero attached hydrogens (tertiary/aromatic N) is 2. The van der Waals surface area contributed by atoms with E-state index in [0.29, 0.717) is 24.4 Å². The molecule has 0 radical (unpaired) electrons. The molecule has 4 heteroatoms. The zero-order chi connectivity index (χ0) is 17.2. The average Bonchev–Trinajstić information content (AvgIpc) is 3.32. The number of amides is 1. The predicted octanol–water partition coefficient (Wildman–Crippen LogP) is 4.30. The maximum Gasteiger partial charge on any atom is 0.227 e. The first-order valence-electron chi connectivity index (χ1n) is 10.0. The lowest BCUT2D eigenvalue weighted by Gasteiger charge is -2.42. The minimum absolute atomic E-state index is 0. The number of allylic oxidation sites excluding steroid dienone is 1. The van der Waals surface area contributed by atoms with E-state index in [0.717, 1.165) is 6.42 Å². The number of hydrogen-bond acceptors (Lipinski definition) is 2. The van der Waals surface area contributed by atoms with Crippen molar-refractivity contribution in [3.8, 4) is 0 Å². The van der Waals surface area contributed by atoms with Crippen molar-refractivity contribution in [2.24, 2.45) is 0 Å². The molecule has 0 spiro atoms. The van der Waals surface area contributed by atoms with E-state index in [4.69, 9.17) is 0 Å². The van der Waals surface area contributed by atoms with Crippen LogP contribution in [0.5, 0.6) is 0 Å². The molecule has 2 atom stereocenters. The Labute approximate surface area is 163 Å². The average molecular weight is 375 g/mol. The lowest BCUT2D eigenvalue weighted by Crippen LogP contribution is -2.53. The summed E-state index contributed by atoms with van der Waals surface area (Å²) < 4.78 is 0. The third-order valence-electron chi connectivity index (χ3n) is 6.47. The Bertz CT molecular complexity index is 666. The Morgan fingerprint density at radius 2 is 1.85 bits per heavy atom. The molecule has 142 valence electrons. The molecule has 1 aromatic carbocycles. The number of carbonyl (C=O) groups excluding carboxylic acids is 1. The fraction of sp³-hybridized carbons (Fsp3) is 0.591. The second-order valence-corrected chi connectivity index (χ2v) is 7.93. The number of hydrogen-bond donors (Lipinski definition) is 0. The van der Waals surface area contributed by atoms with Crippen molar-refractivity contribution in [2.75, 3.05) is 20.1 Å². The second kappa shape index (κ2) is 8.58. The Morgan fingerprint density at radius 1 is 1.12 bits per heavy atom. The van der Waals surface area contributed by atoms with Gasteiger partial charge in [0.15, 0.2) is 0 Å². The first-order chi connectivity index (χ1) is 12.2. The topological polar surface area (TPSA) is 23.6 Å². The van der Waals surface area contributed by atoms with Gasteiger partial charge in [0.1, 0.15) is 0 Å². The zero-order valence-corrected chi connectivity index (χ0v) is 16.6. The lowest BCUT2D eigenvalue weighted by atomic mass is 9.88. The molecule has 0 N–H and O–H groups in total. The maximum atomic E-state index is 13.0. The Morgan fingerprint density at radius 3 is 2.65 bits per heavy atom. The van der Waals surface area contributed by atoms with Crippen molar-refractivity contribution >= 4 is 23.9 Å². The van der Waals surface area contributed by atoms with E-state index >= 15 is 0 Å². The summed E-state index contributed by atoms with van der Waals surface area (Å²) in [6.07, 6.45) is 11.4. The van der Waals surface area contributed by atoms with E-state index in [-0.39, 0.29) is 12.4 Å². The molecule has 0 unspecified atom stereocenters. The van der Waals surface area contributed by atoms with Gasteiger partial charge in [-0.1, -0.05) is 43.2 Å². The number of benzene rings is 1. The molecule has 1 saturated heterocycles. The summed E-state index contributed by atoms with van der Waals surface area (Å²) >= 11 is 0. The predicted molar refractivity (Wildman–Crippen MR) is 110 cm³/mol. The van der Waals surface area contributed by atoms with Crippen molar-refractivity contribution in [1.82, 2.24) is 9.80 Å². The van der Waals surface area contributed by atoms with Gasteiger partial charge in [0, 0.05) is 19.1 Å². The molecular weight excluding hydrogens is 344 g/mol. The summed E-state index contributed by atoms with van der Waals surface area (Å²) in [6.45, 7) is 2.45. The van der Waals surface area contributed by atoms with Gasteiger partial charge < -0.3 is 4.90 Å². The smallest absolute Gasteiger partial charge is 0.227 e. The molecule has 1 heterocycles. The molecule has 26 heavy (non-hydrogen) atoms. The van der Waals surface area contributed by atoms with Gasteiger partial charge in [0.05, 0.1) is 6.42 Å². The van der Waals surface area contributed by atoms with Crippen LogP contribution in [0.25, 0.3) is 5.57 Å². The third kappa shape index (κ3) is 3.84. The van der Waals surface area contributed by atoms with E-state index in [2.05, 4.69) is 40.1 Å². The van der Waals surface area contributed by atoms with Crippen LogP contribution >= 0.6 is 12.4 Å². The molecule has 4 rings (SSSR count). The number of likely N-dealkylation sites (tertiary alicyclic amines) is 1. The van der Waals surface area contributed by atoms with Crippen LogP contribution in [0, 0.1) is 0 Å². The molecule has 2 fully saturated rings. The van der Waals surface area contributed by atoms with Gasteiger partial charge in [-0.15, -0.1) is 12.4 Å². The molecule has 1 aliphatic heterocycles. The van der Waals surface area contributed by atoms with Gasteiger partial charge in [-0.3, -0.25) is 9.69 Å². The van der Waals surface area contributed by atoms with Gasteiger partial charge in [-0.05, 0) is 61.9 Å². The minimum Gasteiger partial charge on any atom is -0.341 e. The first-order valence-corrected chi connectivity index (χ1v) is 10.0. The van der Waals surface area contributed by atoms with Crippen molar-refractivity contribution in [3.63, 3.8) is 0 Å². The minimum atomic E-state index is 0. The molecule has 0 aromatic heterocycles. The molecule has 1 aromatic rings. The van der Waals surface area contributed by atoms with Gasteiger partial charge in [-0.2, -0.15) is 0 Å². The number of likely N-dealkylation sites (N-methyl/N-ethyl adjacent to an activating group) is 1. The molecule has 1 amide bonds. The molecule has 1 saturated carbocycles. The van der Waals surface area contributed by atoms with Crippen LogP contribution in [0.4, 0.5) is 0 Å². The standard InChI is InChI=1S/C22H30N2O.ClH/c1-23(20-10-4-5-11-21(20)24-14-6-7-15-24)22(25)16-18-13-12-17-8-2-3-9-19(17)18;/h2-3,8-9,13,20-21H,4-7,10-12,14-16H2,1H3;1H/t20-,21-;/m1./s1. The fourth-order valence-electron chi connectivity index (χ4n) is 5.04. The molecular formula is C22H31ClN2O. The summed E-state index contributed by atoms with van der Waals surface area (Å²) in [6, 6.07) is 9.49. The Kier molecular flexibility index (Phi) is 6.42. The van der Waals surface area contributed by atoms with Crippen LogP contribution in [-0.2, 0) is 11.2 Å². The summed E-state index contributed by atoms with van der Waals surface area (Å²) in [4.78, 5) is 17.8. The lowest BCUT2D eigenvalue weighted by molar-refractivity contribution is -0.132. The highest BCUT2D eigenvalue weighted by molar-refractivity contribution is 5.90. The summed E-state index contributed by atoms with van der Waals surface area (Å²) in [5.74, 6) is 0.291. The van der Waals surface area contributed by atoms with E-state index in [1.54, 1.807) is 0 Å². The largest absolute Gasteiger partial charge is 0.341 e. The van der Waals surface area contributed by atoms with Crippen LogP contribution in [0.3, 0.4) is 0 Å². The highest BCUT2D eigenvalue weighted by Gasteiger charge is 2.35. The first kappa shape index (κ1) is 19.4. The molecule has 3 aliphatic rings. The summed E-state index contributed by atoms with van der Waals surface area (Å²) in [5.41, 5.74) is 3.87. The third-order valence-corrected chi connectivity index (χ3v) is 6.47. The van der Waals surface area contributed by atoms with E-state index in [9.17, 15) is 4.79 Å².